The van der Waals surface area contributed by atoms with Gasteiger partial charge in [-0.3, -0.25) is 14.9 Å². The average molecular weight is 428 g/mol. The van der Waals surface area contributed by atoms with Gasteiger partial charge >= 0.3 is 0 Å². The Balaban J connectivity index is 1.90. The first kappa shape index (κ1) is 22.6. The van der Waals surface area contributed by atoms with Crippen molar-refractivity contribution in [2.75, 3.05) is 11.9 Å². The second kappa shape index (κ2) is 10.3. The standard InChI is InChI=1S/C26H24N2O4/c1-4-14-32-23-12-13-25(27-17-19-6-5-7-22(15-19)28(30)31)24(16-23)26(29)21-10-8-20(9-11-21)18(2)3/h1,5-13,15-16,18,27H,14,17H2,2-3H3. The smallest absolute Gasteiger partial charge is 0.269 e. The maximum Gasteiger partial charge on any atom is 0.269 e. The molecule has 6 nitrogen and oxygen atoms in total. The Morgan fingerprint density at radius 2 is 1.88 bits per heavy atom. The number of ketones is 1. The van der Waals surface area contributed by atoms with Gasteiger partial charge in [0.1, 0.15) is 12.4 Å². The van der Waals surface area contributed by atoms with Gasteiger partial charge in [-0.2, -0.15) is 0 Å². The molecule has 0 saturated carbocycles. The van der Waals surface area contributed by atoms with Gasteiger partial charge < -0.3 is 10.1 Å². The molecule has 3 rings (SSSR count). The van der Waals surface area contributed by atoms with Crippen LogP contribution in [0.2, 0.25) is 0 Å². The van der Waals surface area contributed by atoms with E-state index in [1.165, 1.54) is 12.1 Å². The molecule has 0 amide bonds. The van der Waals surface area contributed by atoms with Crippen LogP contribution in [0.25, 0.3) is 0 Å². The Hall–Kier alpha value is -4.11. The summed E-state index contributed by atoms with van der Waals surface area (Å²) in [5.74, 6) is 3.11. The van der Waals surface area contributed by atoms with E-state index in [1.54, 1.807) is 30.3 Å². The Morgan fingerprint density at radius 3 is 2.53 bits per heavy atom. The van der Waals surface area contributed by atoms with Crippen molar-refractivity contribution in [2.45, 2.75) is 26.3 Å². The summed E-state index contributed by atoms with van der Waals surface area (Å²) in [6.45, 7) is 4.61. The second-order valence-corrected chi connectivity index (χ2v) is 7.59. The van der Waals surface area contributed by atoms with Gasteiger partial charge in [-0.1, -0.05) is 56.2 Å². The number of hydrogen-bond donors (Lipinski definition) is 1. The molecule has 0 aromatic heterocycles. The van der Waals surface area contributed by atoms with Crippen molar-refractivity contribution in [2.24, 2.45) is 0 Å². The molecule has 0 aliphatic heterocycles. The first-order chi connectivity index (χ1) is 15.4. The molecular formula is C26H24N2O4. The molecule has 0 heterocycles. The maximum atomic E-state index is 13.3. The van der Waals surface area contributed by atoms with E-state index < -0.39 is 4.92 Å². The van der Waals surface area contributed by atoms with Gasteiger partial charge in [0.15, 0.2) is 5.78 Å². The molecule has 3 aromatic rings. The highest BCUT2D eigenvalue weighted by atomic mass is 16.6. The van der Waals surface area contributed by atoms with Crippen molar-refractivity contribution in [1.29, 1.82) is 0 Å². The molecule has 32 heavy (non-hydrogen) atoms. The van der Waals surface area contributed by atoms with Crippen molar-refractivity contribution in [3.8, 4) is 18.1 Å². The second-order valence-electron chi connectivity index (χ2n) is 7.59. The van der Waals surface area contributed by atoms with Gasteiger partial charge in [-0.05, 0) is 35.2 Å². The summed E-state index contributed by atoms with van der Waals surface area (Å²) in [6, 6.07) is 19.0. The number of nitrogens with one attached hydrogen (secondary N) is 1. The summed E-state index contributed by atoms with van der Waals surface area (Å²) in [6.07, 6.45) is 5.28. The van der Waals surface area contributed by atoms with E-state index in [9.17, 15) is 14.9 Å². The first-order valence-electron chi connectivity index (χ1n) is 10.2. The normalized spacial score (nSPS) is 10.4. The minimum Gasteiger partial charge on any atom is -0.481 e. The first-order valence-corrected chi connectivity index (χ1v) is 10.2. The fourth-order valence-electron chi connectivity index (χ4n) is 3.23. The molecule has 1 N–H and O–H groups in total. The molecule has 0 spiro atoms. The van der Waals surface area contributed by atoms with Gasteiger partial charge in [0.2, 0.25) is 0 Å². The molecule has 0 fully saturated rings. The van der Waals surface area contributed by atoms with Crippen molar-refractivity contribution < 1.29 is 14.5 Å². The molecule has 162 valence electrons. The Kier molecular flexibility index (Phi) is 7.25. The third-order valence-electron chi connectivity index (χ3n) is 5.00. The number of benzene rings is 3. The number of non-ortho nitro benzene ring substituents is 1. The Labute approximate surface area is 187 Å². The summed E-state index contributed by atoms with van der Waals surface area (Å²) >= 11 is 0. The minimum absolute atomic E-state index is 0.0175. The predicted molar refractivity (Wildman–Crippen MR) is 125 cm³/mol. The van der Waals surface area contributed by atoms with Crippen LogP contribution in [0.5, 0.6) is 5.75 Å². The number of carbonyl (C=O) groups is 1. The maximum absolute atomic E-state index is 13.3. The van der Waals surface area contributed by atoms with E-state index in [0.29, 0.717) is 35.0 Å². The fraction of sp³-hybridized carbons (Fsp3) is 0.192. The SMILES string of the molecule is C#CCOc1ccc(NCc2cccc([N+](=O)[O-])c2)c(C(=O)c2ccc(C(C)C)cc2)c1. The molecule has 0 aliphatic carbocycles. The number of nitrogens with zero attached hydrogens (tertiary/aromatic N) is 1. The highest BCUT2D eigenvalue weighted by Crippen LogP contribution is 2.27. The lowest BCUT2D eigenvalue weighted by molar-refractivity contribution is -0.384. The number of ether oxygens (including phenoxy) is 1. The van der Waals surface area contributed by atoms with Crippen molar-refractivity contribution in [3.63, 3.8) is 0 Å². The molecule has 0 saturated heterocycles. The quantitative estimate of drug-likeness (QED) is 0.208. The van der Waals surface area contributed by atoms with Crippen LogP contribution >= 0.6 is 0 Å². The zero-order chi connectivity index (χ0) is 23.1. The van der Waals surface area contributed by atoms with Crippen LogP contribution in [0.4, 0.5) is 11.4 Å². The van der Waals surface area contributed by atoms with Crippen LogP contribution in [0.1, 0.15) is 46.8 Å². The number of terminal acetylenes is 1. The molecule has 0 unspecified atom stereocenters. The zero-order valence-corrected chi connectivity index (χ0v) is 18.0. The Bertz CT molecular complexity index is 1160. The highest BCUT2D eigenvalue weighted by molar-refractivity contribution is 6.12. The van der Waals surface area contributed by atoms with Crippen LogP contribution in [0, 0.1) is 22.5 Å². The van der Waals surface area contributed by atoms with Crippen LogP contribution in [0.15, 0.2) is 66.7 Å². The predicted octanol–water partition coefficient (Wildman–Crippen LogP) is 5.57. The molecule has 0 bridgehead atoms. The molecule has 6 heteroatoms. The monoisotopic (exact) mass is 428 g/mol. The third kappa shape index (κ3) is 5.52. The highest BCUT2D eigenvalue weighted by Gasteiger charge is 2.16. The van der Waals surface area contributed by atoms with E-state index in [-0.39, 0.29) is 18.1 Å². The molecular weight excluding hydrogens is 404 g/mol. The molecule has 0 atom stereocenters. The molecule has 0 radical (unpaired) electrons. The third-order valence-corrected chi connectivity index (χ3v) is 5.00. The van der Waals surface area contributed by atoms with Gasteiger partial charge in [-0.15, -0.1) is 6.42 Å². The Morgan fingerprint density at radius 1 is 1.12 bits per heavy atom. The number of carbonyl (C=O) groups excluding carboxylic acids is 1. The largest absolute Gasteiger partial charge is 0.481 e. The number of nitro benzene ring substituents is 1. The summed E-state index contributed by atoms with van der Waals surface area (Å²) < 4.78 is 5.50. The van der Waals surface area contributed by atoms with E-state index >= 15 is 0 Å². The lowest BCUT2D eigenvalue weighted by atomic mass is 9.97. The topological polar surface area (TPSA) is 81.5 Å². The zero-order valence-electron chi connectivity index (χ0n) is 18.0. The van der Waals surface area contributed by atoms with Gasteiger partial charge in [0.25, 0.3) is 5.69 Å². The van der Waals surface area contributed by atoms with Crippen molar-refractivity contribution in [1.82, 2.24) is 0 Å². The van der Waals surface area contributed by atoms with E-state index in [2.05, 4.69) is 25.1 Å². The summed E-state index contributed by atoms with van der Waals surface area (Å²) in [7, 11) is 0. The van der Waals surface area contributed by atoms with Gasteiger partial charge in [0, 0.05) is 35.5 Å². The fourth-order valence-corrected chi connectivity index (χ4v) is 3.23. The molecule has 3 aromatic carbocycles. The summed E-state index contributed by atoms with van der Waals surface area (Å²) in [5, 5.41) is 14.3. The van der Waals surface area contributed by atoms with E-state index in [1.807, 2.05) is 24.3 Å². The van der Waals surface area contributed by atoms with E-state index in [4.69, 9.17) is 11.2 Å². The van der Waals surface area contributed by atoms with E-state index in [0.717, 1.165) is 11.1 Å². The van der Waals surface area contributed by atoms with Crippen molar-refractivity contribution in [3.05, 3.63) is 99.1 Å². The lowest BCUT2D eigenvalue weighted by Crippen LogP contribution is -2.09. The summed E-state index contributed by atoms with van der Waals surface area (Å²) in [4.78, 5) is 23.9. The number of hydrogen-bond acceptors (Lipinski definition) is 5. The van der Waals surface area contributed by atoms with Gasteiger partial charge in [0.05, 0.1) is 4.92 Å². The lowest BCUT2D eigenvalue weighted by Gasteiger charge is -2.14. The molecule has 0 aliphatic rings. The van der Waals surface area contributed by atoms with Crippen molar-refractivity contribution >= 4 is 17.2 Å². The average Bonchev–Trinajstić information content (AvgIpc) is 2.81. The van der Waals surface area contributed by atoms with Gasteiger partial charge in [-0.25, -0.2) is 0 Å². The number of anilines is 1. The number of rotatable bonds is 9. The van der Waals surface area contributed by atoms with Crippen LogP contribution in [0.3, 0.4) is 0 Å². The van der Waals surface area contributed by atoms with Crippen LogP contribution in [-0.2, 0) is 6.54 Å². The van der Waals surface area contributed by atoms with Crippen LogP contribution in [-0.4, -0.2) is 17.3 Å². The number of nitro groups is 1. The summed E-state index contributed by atoms with van der Waals surface area (Å²) in [5.41, 5.74) is 3.48. The minimum atomic E-state index is -0.434. The van der Waals surface area contributed by atoms with Crippen LogP contribution < -0.4 is 10.1 Å².